The molecular formula is C17H13Cl2N5O3S. The number of benzene rings is 2. The van der Waals surface area contributed by atoms with Gasteiger partial charge in [0, 0.05) is 27.4 Å². The molecule has 0 aliphatic heterocycles. The molecule has 11 heteroatoms. The minimum Gasteiger partial charge on any atom is -0.323 e. The number of carbonyl (C=O) groups excluding carboxylic acids is 1. The zero-order chi connectivity index (χ0) is 20.1. The van der Waals surface area contributed by atoms with Crippen molar-refractivity contribution in [3.05, 3.63) is 70.5 Å². The number of amides is 1. The Labute approximate surface area is 170 Å². The van der Waals surface area contributed by atoms with E-state index in [1.165, 1.54) is 42.7 Å². The Balaban J connectivity index is 1.67. The third kappa shape index (κ3) is 4.89. The predicted molar refractivity (Wildman–Crippen MR) is 108 cm³/mol. The van der Waals surface area contributed by atoms with Crippen LogP contribution in [0.25, 0.3) is 6.08 Å². The van der Waals surface area contributed by atoms with Crippen LogP contribution in [0.2, 0.25) is 10.0 Å². The fourth-order valence-corrected chi connectivity index (χ4v) is 3.66. The van der Waals surface area contributed by atoms with Gasteiger partial charge in [0.25, 0.3) is 10.0 Å². The van der Waals surface area contributed by atoms with Crippen molar-refractivity contribution in [3.8, 4) is 0 Å². The molecule has 3 aromatic rings. The highest BCUT2D eigenvalue weighted by atomic mass is 35.5. The Morgan fingerprint density at radius 2 is 1.75 bits per heavy atom. The molecule has 0 fully saturated rings. The fourth-order valence-electron chi connectivity index (χ4n) is 2.17. The van der Waals surface area contributed by atoms with E-state index in [-0.39, 0.29) is 10.8 Å². The van der Waals surface area contributed by atoms with Crippen molar-refractivity contribution in [2.75, 3.05) is 10.0 Å². The lowest BCUT2D eigenvalue weighted by Gasteiger charge is -2.07. The highest BCUT2D eigenvalue weighted by Gasteiger charge is 2.15. The number of nitrogens with zero attached hydrogens (tertiary/aromatic N) is 2. The Hall–Kier alpha value is -2.88. The maximum Gasteiger partial charge on any atom is 0.264 e. The fraction of sp³-hybridized carbons (Fsp3) is 0. The van der Waals surface area contributed by atoms with E-state index in [0.717, 1.165) is 0 Å². The van der Waals surface area contributed by atoms with E-state index in [1.807, 2.05) is 0 Å². The first kappa shape index (κ1) is 19.9. The third-order valence-corrected chi connectivity index (χ3v) is 5.49. The zero-order valence-corrected chi connectivity index (χ0v) is 16.4. The molecule has 3 N–H and O–H groups in total. The second kappa shape index (κ2) is 8.42. The summed E-state index contributed by atoms with van der Waals surface area (Å²) in [6.45, 7) is 0. The molecule has 144 valence electrons. The summed E-state index contributed by atoms with van der Waals surface area (Å²) in [6, 6.07) is 10.7. The number of rotatable bonds is 6. The largest absolute Gasteiger partial charge is 0.323 e. The number of hydrogen-bond donors (Lipinski definition) is 3. The van der Waals surface area contributed by atoms with Crippen molar-refractivity contribution >= 4 is 56.8 Å². The normalized spacial score (nSPS) is 11.5. The molecule has 2 aromatic carbocycles. The van der Waals surface area contributed by atoms with Crippen LogP contribution in [0.5, 0.6) is 0 Å². The van der Waals surface area contributed by atoms with E-state index >= 15 is 0 Å². The third-order valence-electron chi connectivity index (χ3n) is 3.48. The van der Waals surface area contributed by atoms with Crippen LogP contribution in [0, 0.1) is 0 Å². The van der Waals surface area contributed by atoms with E-state index in [0.29, 0.717) is 21.3 Å². The molecule has 0 saturated carbocycles. The van der Waals surface area contributed by atoms with Gasteiger partial charge in [0.15, 0.2) is 0 Å². The second-order valence-electron chi connectivity index (χ2n) is 5.42. The van der Waals surface area contributed by atoms with Gasteiger partial charge in [-0.2, -0.15) is 10.1 Å². The molecule has 0 aliphatic carbocycles. The minimum absolute atomic E-state index is 0.000269. The summed E-state index contributed by atoms with van der Waals surface area (Å²) in [5.74, 6) is -0.424. The monoisotopic (exact) mass is 437 g/mol. The van der Waals surface area contributed by atoms with Crippen LogP contribution in [0.15, 0.2) is 59.8 Å². The zero-order valence-electron chi connectivity index (χ0n) is 14.1. The van der Waals surface area contributed by atoms with E-state index in [9.17, 15) is 13.2 Å². The van der Waals surface area contributed by atoms with E-state index < -0.39 is 15.9 Å². The molecule has 0 atom stereocenters. The minimum atomic E-state index is -3.82. The van der Waals surface area contributed by atoms with Crippen molar-refractivity contribution < 1.29 is 13.2 Å². The lowest BCUT2D eigenvalue weighted by molar-refractivity contribution is -0.111. The molecule has 1 aromatic heterocycles. The van der Waals surface area contributed by atoms with Gasteiger partial charge in [-0.3, -0.25) is 4.79 Å². The number of H-pyrrole nitrogens is 1. The van der Waals surface area contributed by atoms with Gasteiger partial charge in [-0.25, -0.2) is 18.2 Å². The van der Waals surface area contributed by atoms with Crippen molar-refractivity contribution in [3.63, 3.8) is 0 Å². The molecule has 0 aliphatic rings. The summed E-state index contributed by atoms with van der Waals surface area (Å²) in [5.41, 5.74) is 0.944. The van der Waals surface area contributed by atoms with Crippen LogP contribution in [-0.2, 0) is 14.8 Å². The van der Waals surface area contributed by atoms with Crippen molar-refractivity contribution in [2.24, 2.45) is 0 Å². The molecule has 1 amide bonds. The molecule has 0 radical (unpaired) electrons. The Morgan fingerprint density at radius 1 is 1.07 bits per heavy atom. The average Bonchev–Trinajstić information content (AvgIpc) is 3.14. The van der Waals surface area contributed by atoms with Gasteiger partial charge in [0.2, 0.25) is 11.9 Å². The van der Waals surface area contributed by atoms with Gasteiger partial charge in [-0.05, 0) is 42.5 Å². The standard InChI is InChI=1S/C17H13Cl2N5O3S/c18-14-2-1-3-15(19)13(14)8-9-16(25)22-11-4-6-12(7-5-11)28(26,27)24-17-20-10-21-23-17/h1-10H,(H,22,25)(H2,20,21,23,24). The Bertz CT molecular complexity index is 1090. The molecule has 0 saturated heterocycles. The van der Waals surface area contributed by atoms with Crippen LogP contribution in [0.4, 0.5) is 11.6 Å². The smallest absolute Gasteiger partial charge is 0.264 e. The number of sulfonamides is 1. The SMILES string of the molecule is O=C(C=Cc1c(Cl)cccc1Cl)Nc1ccc(S(=O)(=O)Nc2ncn[nH]2)cc1. The number of carbonyl (C=O) groups is 1. The molecule has 1 heterocycles. The van der Waals surface area contributed by atoms with Gasteiger partial charge >= 0.3 is 0 Å². The topological polar surface area (TPSA) is 117 Å². The summed E-state index contributed by atoms with van der Waals surface area (Å²) in [4.78, 5) is 15.8. The van der Waals surface area contributed by atoms with Crippen molar-refractivity contribution in [1.82, 2.24) is 15.2 Å². The molecule has 0 unspecified atom stereocenters. The van der Waals surface area contributed by atoms with Gasteiger partial charge in [0.05, 0.1) is 4.90 Å². The summed E-state index contributed by atoms with van der Waals surface area (Å²) in [5, 5.41) is 9.43. The average molecular weight is 438 g/mol. The molecule has 8 nitrogen and oxygen atoms in total. The van der Waals surface area contributed by atoms with Crippen LogP contribution in [-0.4, -0.2) is 29.5 Å². The first-order chi connectivity index (χ1) is 13.3. The summed E-state index contributed by atoms with van der Waals surface area (Å²) in [7, 11) is -3.82. The number of aromatic nitrogens is 3. The Morgan fingerprint density at radius 3 is 2.36 bits per heavy atom. The van der Waals surface area contributed by atoms with Gasteiger partial charge < -0.3 is 5.32 Å². The van der Waals surface area contributed by atoms with Crippen LogP contribution < -0.4 is 10.0 Å². The van der Waals surface area contributed by atoms with E-state index in [4.69, 9.17) is 23.2 Å². The lowest BCUT2D eigenvalue weighted by Crippen LogP contribution is -2.14. The van der Waals surface area contributed by atoms with Crippen LogP contribution >= 0.6 is 23.2 Å². The highest BCUT2D eigenvalue weighted by molar-refractivity contribution is 7.92. The number of halogens is 2. The molecular weight excluding hydrogens is 425 g/mol. The number of nitrogens with one attached hydrogen (secondary N) is 3. The lowest BCUT2D eigenvalue weighted by atomic mass is 10.2. The van der Waals surface area contributed by atoms with Gasteiger partial charge in [0.1, 0.15) is 6.33 Å². The van der Waals surface area contributed by atoms with Crippen molar-refractivity contribution in [2.45, 2.75) is 4.90 Å². The molecule has 0 spiro atoms. The van der Waals surface area contributed by atoms with Crippen molar-refractivity contribution in [1.29, 1.82) is 0 Å². The molecule has 28 heavy (non-hydrogen) atoms. The van der Waals surface area contributed by atoms with E-state index in [1.54, 1.807) is 18.2 Å². The molecule has 0 bridgehead atoms. The van der Waals surface area contributed by atoms with E-state index in [2.05, 4.69) is 25.2 Å². The highest BCUT2D eigenvalue weighted by Crippen LogP contribution is 2.25. The first-order valence-electron chi connectivity index (χ1n) is 7.76. The first-order valence-corrected chi connectivity index (χ1v) is 10.0. The molecule has 3 rings (SSSR count). The van der Waals surface area contributed by atoms with Crippen LogP contribution in [0.1, 0.15) is 5.56 Å². The maximum absolute atomic E-state index is 12.2. The van der Waals surface area contributed by atoms with Gasteiger partial charge in [-0.15, -0.1) is 0 Å². The van der Waals surface area contributed by atoms with Gasteiger partial charge in [-0.1, -0.05) is 29.3 Å². The summed E-state index contributed by atoms with van der Waals surface area (Å²) < 4.78 is 26.7. The second-order valence-corrected chi connectivity index (χ2v) is 7.92. The van der Waals surface area contributed by atoms with Crippen LogP contribution in [0.3, 0.4) is 0 Å². The predicted octanol–water partition coefficient (Wildman–Crippen LogP) is 3.56. The number of anilines is 2. The number of aromatic amines is 1. The number of hydrogen-bond acceptors (Lipinski definition) is 5. The summed E-state index contributed by atoms with van der Waals surface area (Å²) in [6.07, 6.45) is 3.96. The Kier molecular flexibility index (Phi) is 5.98. The quantitative estimate of drug-likeness (QED) is 0.509. The maximum atomic E-state index is 12.2. The summed E-state index contributed by atoms with van der Waals surface area (Å²) >= 11 is 12.1.